The highest BCUT2D eigenvalue weighted by Gasteiger charge is 2.35. The molecule has 0 radical (unpaired) electrons. The number of nitrogens with zero attached hydrogens (tertiary/aromatic N) is 5. The van der Waals surface area contributed by atoms with E-state index in [4.69, 9.17) is 4.74 Å². The molecule has 0 unspecified atom stereocenters. The smallest absolute Gasteiger partial charge is 0.278 e. The van der Waals surface area contributed by atoms with E-state index in [0.29, 0.717) is 22.2 Å². The molecule has 1 aliphatic heterocycles. The quantitative estimate of drug-likeness (QED) is 0.324. The van der Waals surface area contributed by atoms with Crippen molar-refractivity contribution in [3.8, 4) is 5.69 Å². The lowest BCUT2D eigenvalue weighted by Crippen LogP contribution is -2.24. The molecule has 154 valence electrons. The summed E-state index contributed by atoms with van der Waals surface area (Å²) >= 11 is 0. The summed E-state index contributed by atoms with van der Waals surface area (Å²) in [7, 11) is 0. The average molecular weight is 412 g/mol. The van der Waals surface area contributed by atoms with Crippen molar-refractivity contribution in [1.29, 1.82) is 0 Å². The van der Waals surface area contributed by atoms with Crippen LogP contribution < -0.4 is 5.56 Å². The van der Waals surface area contributed by atoms with Crippen LogP contribution in [0.25, 0.3) is 27.8 Å². The van der Waals surface area contributed by atoms with Gasteiger partial charge in [0.15, 0.2) is 11.2 Å². The molecule has 1 aromatic carbocycles. The third-order valence-corrected chi connectivity index (χ3v) is 5.30. The average Bonchev–Trinajstić information content (AvgIpc) is 3.42. The van der Waals surface area contributed by atoms with Gasteiger partial charge in [0.1, 0.15) is 18.7 Å². The fourth-order valence-corrected chi connectivity index (χ4v) is 3.84. The Balaban J connectivity index is 1.75. The Morgan fingerprint density at radius 3 is 2.93 bits per heavy atom. The van der Waals surface area contributed by atoms with E-state index in [2.05, 4.69) is 15.0 Å². The van der Waals surface area contributed by atoms with Gasteiger partial charge in [-0.25, -0.2) is 9.97 Å². The van der Waals surface area contributed by atoms with Crippen LogP contribution in [0.3, 0.4) is 0 Å². The predicted octanol–water partition coefficient (Wildman–Crippen LogP) is 0.612. The second-order valence-corrected chi connectivity index (χ2v) is 7.01. The highest BCUT2D eigenvalue weighted by molar-refractivity contribution is 5.92. The fourth-order valence-electron chi connectivity index (χ4n) is 3.84. The van der Waals surface area contributed by atoms with E-state index in [-0.39, 0.29) is 24.2 Å². The standard InChI is InChI=1S/C18H16N6O6/c25-6-14-13(26)4-15(30-14)22-5-12(10-3-9(24(28)29)1-2-11(10)22)23-8-21-16-17(23)19-7-20-18(16)27/h1-3,5,7-8,13-15,25-26H,4,6H2,(H,19,20,27)/t13-,14+,15+/m0/s1. The van der Waals surface area contributed by atoms with Crippen molar-refractivity contribution < 1.29 is 19.9 Å². The molecule has 4 heterocycles. The number of rotatable bonds is 4. The lowest BCUT2D eigenvalue weighted by Gasteiger charge is -2.14. The molecular weight excluding hydrogens is 396 g/mol. The summed E-state index contributed by atoms with van der Waals surface area (Å²) in [5.41, 5.74) is 1.07. The molecule has 0 spiro atoms. The van der Waals surface area contributed by atoms with Gasteiger partial charge in [-0.3, -0.25) is 19.5 Å². The predicted molar refractivity (Wildman–Crippen MR) is 103 cm³/mol. The number of ether oxygens (including phenoxy) is 1. The zero-order chi connectivity index (χ0) is 21.0. The summed E-state index contributed by atoms with van der Waals surface area (Å²) < 4.78 is 9.08. The van der Waals surface area contributed by atoms with E-state index in [1.807, 2.05) is 0 Å². The Bertz CT molecular complexity index is 1340. The van der Waals surface area contributed by atoms with Gasteiger partial charge in [-0.1, -0.05) is 0 Å². The number of imidazole rings is 1. The van der Waals surface area contributed by atoms with Crippen LogP contribution in [0.15, 0.2) is 41.8 Å². The summed E-state index contributed by atoms with van der Waals surface area (Å²) in [5, 5.41) is 31.4. The van der Waals surface area contributed by atoms with Gasteiger partial charge in [0.25, 0.3) is 11.2 Å². The van der Waals surface area contributed by atoms with Crippen molar-refractivity contribution in [3.05, 3.63) is 57.5 Å². The van der Waals surface area contributed by atoms with Gasteiger partial charge < -0.3 is 24.5 Å². The number of benzene rings is 1. The number of fused-ring (bicyclic) bond motifs is 2. The van der Waals surface area contributed by atoms with Crippen molar-refractivity contribution in [2.45, 2.75) is 24.9 Å². The molecule has 0 bridgehead atoms. The first-order chi connectivity index (χ1) is 14.5. The van der Waals surface area contributed by atoms with E-state index in [9.17, 15) is 25.1 Å². The minimum absolute atomic E-state index is 0.0997. The Morgan fingerprint density at radius 2 is 2.20 bits per heavy atom. The number of non-ortho nitro benzene ring substituents is 1. The largest absolute Gasteiger partial charge is 0.394 e. The molecule has 12 heteroatoms. The van der Waals surface area contributed by atoms with Gasteiger partial charge in [-0.05, 0) is 6.07 Å². The monoisotopic (exact) mass is 412 g/mol. The SMILES string of the molecule is O=c1[nH]cnc2c1ncn2-c1cn([C@H]2C[C@H](O)[C@@H](CO)O2)c2ccc([N+](=O)[O-])cc12. The molecule has 4 aromatic rings. The Labute approximate surface area is 167 Å². The van der Waals surface area contributed by atoms with Crippen molar-refractivity contribution in [3.63, 3.8) is 0 Å². The van der Waals surface area contributed by atoms with Gasteiger partial charge in [0.2, 0.25) is 0 Å². The summed E-state index contributed by atoms with van der Waals surface area (Å²) in [6, 6.07) is 4.40. The molecule has 3 aromatic heterocycles. The lowest BCUT2D eigenvalue weighted by atomic mass is 10.2. The highest BCUT2D eigenvalue weighted by atomic mass is 16.6. The van der Waals surface area contributed by atoms with Crippen LogP contribution in [0.2, 0.25) is 0 Å². The van der Waals surface area contributed by atoms with Crippen LogP contribution >= 0.6 is 0 Å². The second kappa shape index (κ2) is 6.73. The number of nitro groups is 1. The third-order valence-electron chi connectivity index (χ3n) is 5.30. The van der Waals surface area contributed by atoms with Gasteiger partial charge in [0, 0.05) is 30.1 Å². The molecule has 30 heavy (non-hydrogen) atoms. The van der Waals surface area contributed by atoms with Crippen LogP contribution in [0, 0.1) is 10.1 Å². The van der Waals surface area contributed by atoms with E-state index in [1.54, 1.807) is 21.4 Å². The number of hydrogen-bond acceptors (Lipinski definition) is 8. The maximum Gasteiger partial charge on any atom is 0.278 e. The summed E-state index contributed by atoms with van der Waals surface area (Å²) in [6.07, 6.45) is 2.49. The normalized spacial score (nSPS) is 21.6. The molecule has 0 saturated carbocycles. The number of hydrogen-bond donors (Lipinski definition) is 3. The minimum atomic E-state index is -0.840. The Hall–Kier alpha value is -3.61. The minimum Gasteiger partial charge on any atom is -0.394 e. The van der Waals surface area contributed by atoms with Gasteiger partial charge >= 0.3 is 0 Å². The molecule has 3 atom stereocenters. The zero-order valence-corrected chi connectivity index (χ0v) is 15.4. The van der Waals surface area contributed by atoms with E-state index in [0.717, 1.165) is 0 Å². The lowest BCUT2D eigenvalue weighted by molar-refractivity contribution is -0.384. The molecule has 1 aliphatic rings. The topological polar surface area (TPSA) is 161 Å². The number of aliphatic hydroxyl groups excluding tert-OH is 2. The van der Waals surface area contributed by atoms with Crippen molar-refractivity contribution in [1.82, 2.24) is 24.1 Å². The molecular formula is C18H16N6O6. The number of aromatic nitrogens is 5. The van der Waals surface area contributed by atoms with Crippen molar-refractivity contribution >= 4 is 27.8 Å². The maximum absolute atomic E-state index is 12.0. The zero-order valence-electron chi connectivity index (χ0n) is 15.4. The molecule has 3 N–H and O–H groups in total. The summed E-state index contributed by atoms with van der Waals surface area (Å²) in [5.74, 6) is 0. The number of aliphatic hydroxyl groups is 2. The highest BCUT2D eigenvalue weighted by Crippen LogP contribution is 2.36. The van der Waals surface area contributed by atoms with E-state index in [1.165, 1.54) is 24.8 Å². The summed E-state index contributed by atoms with van der Waals surface area (Å²) in [4.78, 5) is 33.6. The number of H-pyrrole nitrogens is 1. The molecule has 1 saturated heterocycles. The van der Waals surface area contributed by atoms with Crippen LogP contribution in [-0.4, -0.2) is 58.0 Å². The molecule has 5 rings (SSSR count). The van der Waals surface area contributed by atoms with Crippen LogP contribution in [0.5, 0.6) is 0 Å². The van der Waals surface area contributed by atoms with E-state index < -0.39 is 28.9 Å². The Kier molecular flexibility index (Phi) is 4.13. The molecule has 0 amide bonds. The first-order valence-corrected chi connectivity index (χ1v) is 9.12. The van der Waals surface area contributed by atoms with E-state index >= 15 is 0 Å². The first-order valence-electron chi connectivity index (χ1n) is 9.12. The first kappa shape index (κ1) is 18.4. The van der Waals surface area contributed by atoms with Crippen LogP contribution in [-0.2, 0) is 4.74 Å². The van der Waals surface area contributed by atoms with Gasteiger partial charge in [-0.2, -0.15) is 0 Å². The van der Waals surface area contributed by atoms with Gasteiger partial charge in [0.05, 0.1) is 35.2 Å². The maximum atomic E-state index is 12.0. The third kappa shape index (κ3) is 2.69. The second-order valence-electron chi connectivity index (χ2n) is 7.01. The molecule has 12 nitrogen and oxygen atoms in total. The van der Waals surface area contributed by atoms with Gasteiger partial charge in [-0.15, -0.1) is 0 Å². The molecule has 1 fully saturated rings. The van der Waals surface area contributed by atoms with Crippen molar-refractivity contribution in [2.75, 3.05) is 6.61 Å². The Morgan fingerprint density at radius 1 is 1.37 bits per heavy atom. The summed E-state index contributed by atoms with van der Waals surface area (Å²) in [6.45, 7) is -0.325. The van der Waals surface area contributed by atoms with Crippen molar-refractivity contribution in [2.24, 2.45) is 0 Å². The van der Waals surface area contributed by atoms with Crippen LogP contribution in [0.4, 0.5) is 5.69 Å². The fraction of sp³-hybridized carbons (Fsp3) is 0.278. The number of nitro benzene ring substituents is 1. The molecule has 0 aliphatic carbocycles. The number of aromatic amines is 1. The number of nitrogens with one attached hydrogen (secondary N) is 1. The van der Waals surface area contributed by atoms with Crippen LogP contribution in [0.1, 0.15) is 12.6 Å².